The summed E-state index contributed by atoms with van der Waals surface area (Å²) in [5.74, 6) is 2.28. The number of aromatic nitrogens is 2. The molecular weight excluding hydrogens is 252 g/mol. The number of nitrogen functional groups attached to an aromatic ring is 1. The molecule has 0 unspecified atom stereocenters. The lowest BCUT2D eigenvalue weighted by molar-refractivity contribution is 0.417. The van der Waals surface area contributed by atoms with Crippen molar-refractivity contribution in [3.63, 3.8) is 0 Å². The Labute approximate surface area is 110 Å². The number of hydrogen-bond donors (Lipinski definition) is 2. The van der Waals surface area contributed by atoms with Crippen LogP contribution in [0.4, 0.5) is 17.3 Å². The molecule has 1 heterocycles. The van der Waals surface area contributed by atoms with Gasteiger partial charge in [-0.1, -0.05) is 11.6 Å². The van der Waals surface area contributed by atoms with E-state index in [1.165, 1.54) is 0 Å². The van der Waals surface area contributed by atoms with Crippen LogP contribution in [0.1, 0.15) is 5.82 Å². The molecule has 0 saturated heterocycles. The summed E-state index contributed by atoms with van der Waals surface area (Å²) >= 11 is 5.95. The molecular formula is C12H13ClN4O. The second-order valence-electron chi connectivity index (χ2n) is 3.69. The van der Waals surface area contributed by atoms with Crippen molar-refractivity contribution in [1.82, 2.24) is 9.97 Å². The Morgan fingerprint density at radius 3 is 2.72 bits per heavy atom. The van der Waals surface area contributed by atoms with Crippen molar-refractivity contribution < 1.29 is 4.74 Å². The molecule has 0 atom stereocenters. The smallest absolute Gasteiger partial charge is 0.142 e. The first-order valence-electron chi connectivity index (χ1n) is 5.30. The Bertz CT molecular complexity index is 554. The highest BCUT2D eigenvalue weighted by atomic mass is 35.5. The molecule has 0 aliphatic heterocycles. The van der Waals surface area contributed by atoms with E-state index in [0.717, 1.165) is 5.69 Å². The summed E-state index contributed by atoms with van der Waals surface area (Å²) in [6, 6.07) is 6.94. The highest BCUT2D eigenvalue weighted by Gasteiger charge is 2.06. The minimum atomic E-state index is 0.408. The van der Waals surface area contributed by atoms with E-state index in [-0.39, 0.29) is 0 Å². The van der Waals surface area contributed by atoms with Crippen molar-refractivity contribution in [3.05, 3.63) is 35.1 Å². The van der Waals surface area contributed by atoms with Crippen LogP contribution in [0.15, 0.2) is 24.3 Å². The van der Waals surface area contributed by atoms with Crippen LogP contribution in [-0.4, -0.2) is 17.1 Å². The van der Waals surface area contributed by atoms with Gasteiger partial charge < -0.3 is 15.8 Å². The SMILES string of the molecule is COc1ccc(Cl)cc1Nc1cc(N)nc(C)n1. The number of hydrogen-bond acceptors (Lipinski definition) is 5. The quantitative estimate of drug-likeness (QED) is 0.892. The predicted molar refractivity (Wildman–Crippen MR) is 72.5 cm³/mol. The predicted octanol–water partition coefficient (Wildman–Crippen LogP) is 2.77. The highest BCUT2D eigenvalue weighted by Crippen LogP contribution is 2.30. The summed E-state index contributed by atoms with van der Waals surface area (Å²) in [5, 5.41) is 3.71. The van der Waals surface area contributed by atoms with Crippen molar-refractivity contribution in [1.29, 1.82) is 0 Å². The number of nitrogens with one attached hydrogen (secondary N) is 1. The highest BCUT2D eigenvalue weighted by molar-refractivity contribution is 6.31. The van der Waals surface area contributed by atoms with Gasteiger partial charge in [-0.15, -0.1) is 0 Å². The summed E-state index contributed by atoms with van der Waals surface area (Å²) in [4.78, 5) is 8.24. The lowest BCUT2D eigenvalue weighted by Crippen LogP contribution is -2.01. The van der Waals surface area contributed by atoms with Crippen LogP contribution in [0.25, 0.3) is 0 Å². The van der Waals surface area contributed by atoms with Crippen molar-refractivity contribution >= 4 is 28.9 Å². The fourth-order valence-electron chi connectivity index (χ4n) is 1.57. The average Bonchev–Trinajstić information content (AvgIpc) is 2.27. The number of benzene rings is 1. The zero-order chi connectivity index (χ0) is 13.1. The number of aryl methyl sites for hydroxylation is 1. The lowest BCUT2D eigenvalue weighted by atomic mass is 10.3. The van der Waals surface area contributed by atoms with Crippen molar-refractivity contribution in [2.45, 2.75) is 6.92 Å². The van der Waals surface area contributed by atoms with Gasteiger partial charge in [-0.05, 0) is 25.1 Å². The van der Waals surface area contributed by atoms with E-state index in [1.807, 2.05) is 0 Å². The van der Waals surface area contributed by atoms with E-state index >= 15 is 0 Å². The van der Waals surface area contributed by atoms with E-state index in [0.29, 0.717) is 28.2 Å². The van der Waals surface area contributed by atoms with Gasteiger partial charge in [-0.25, -0.2) is 9.97 Å². The molecule has 0 fully saturated rings. The number of halogens is 1. The summed E-state index contributed by atoms with van der Waals surface area (Å²) in [5.41, 5.74) is 6.39. The normalized spacial score (nSPS) is 10.2. The molecule has 0 aliphatic carbocycles. The van der Waals surface area contributed by atoms with Gasteiger partial charge in [0, 0.05) is 11.1 Å². The first kappa shape index (κ1) is 12.4. The average molecular weight is 265 g/mol. The van der Waals surface area contributed by atoms with E-state index in [1.54, 1.807) is 38.3 Å². The van der Waals surface area contributed by atoms with Gasteiger partial charge in [0.25, 0.3) is 0 Å². The van der Waals surface area contributed by atoms with Crippen LogP contribution >= 0.6 is 11.6 Å². The van der Waals surface area contributed by atoms with E-state index in [2.05, 4.69) is 15.3 Å². The van der Waals surface area contributed by atoms with Gasteiger partial charge in [0.05, 0.1) is 12.8 Å². The number of anilines is 3. The fourth-order valence-corrected chi connectivity index (χ4v) is 1.74. The van der Waals surface area contributed by atoms with Crippen LogP contribution in [0.2, 0.25) is 5.02 Å². The molecule has 94 valence electrons. The van der Waals surface area contributed by atoms with Crippen molar-refractivity contribution in [2.75, 3.05) is 18.2 Å². The second-order valence-corrected chi connectivity index (χ2v) is 4.13. The molecule has 1 aromatic carbocycles. The molecule has 0 radical (unpaired) electrons. The Morgan fingerprint density at radius 1 is 1.28 bits per heavy atom. The lowest BCUT2D eigenvalue weighted by Gasteiger charge is -2.11. The minimum absolute atomic E-state index is 0.408. The second kappa shape index (κ2) is 5.10. The summed E-state index contributed by atoms with van der Waals surface area (Å²) in [6.07, 6.45) is 0. The zero-order valence-corrected chi connectivity index (χ0v) is 10.8. The first-order chi connectivity index (χ1) is 8.58. The van der Waals surface area contributed by atoms with Gasteiger partial charge in [0.15, 0.2) is 0 Å². The summed E-state index contributed by atoms with van der Waals surface area (Å²) < 4.78 is 5.24. The van der Waals surface area contributed by atoms with E-state index in [9.17, 15) is 0 Å². The number of rotatable bonds is 3. The monoisotopic (exact) mass is 264 g/mol. The van der Waals surface area contributed by atoms with Crippen LogP contribution in [0.5, 0.6) is 5.75 Å². The number of nitrogens with zero attached hydrogens (tertiary/aromatic N) is 2. The Balaban J connectivity index is 2.35. The van der Waals surface area contributed by atoms with Crippen molar-refractivity contribution in [3.8, 4) is 5.75 Å². The standard InChI is InChI=1S/C12H13ClN4O/c1-7-15-11(14)6-12(16-7)17-9-5-8(13)3-4-10(9)18-2/h3-6H,1-2H3,(H3,14,15,16,17). The van der Waals surface area contributed by atoms with Gasteiger partial charge >= 0.3 is 0 Å². The molecule has 6 heteroatoms. The molecule has 2 rings (SSSR count). The fraction of sp³-hybridized carbons (Fsp3) is 0.167. The molecule has 3 N–H and O–H groups in total. The van der Waals surface area contributed by atoms with Gasteiger partial charge in [-0.2, -0.15) is 0 Å². The molecule has 1 aromatic heterocycles. The summed E-state index contributed by atoms with van der Waals surface area (Å²) in [7, 11) is 1.59. The largest absolute Gasteiger partial charge is 0.495 e. The van der Waals surface area contributed by atoms with Crippen LogP contribution < -0.4 is 15.8 Å². The molecule has 0 bridgehead atoms. The molecule has 0 saturated carbocycles. The molecule has 18 heavy (non-hydrogen) atoms. The van der Waals surface area contributed by atoms with Crippen LogP contribution in [-0.2, 0) is 0 Å². The Kier molecular flexibility index (Phi) is 3.53. The molecule has 0 aliphatic rings. The minimum Gasteiger partial charge on any atom is -0.495 e. The van der Waals surface area contributed by atoms with Crippen molar-refractivity contribution in [2.24, 2.45) is 0 Å². The van der Waals surface area contributed by atoms with Gasteiger partial charge in [-0.3, -0.25) is 0 Å². The maximum absolute atomic E-state index is 5.95. The first-order valence-corrected chi connectivity index (χ1v) is 5.68. The summed E-state index contributed by atoms with van der Waals surface area (Å²) in [6.45, 7) is 1.77. The van der Waals surface area contributed by atoms with Crippen LogP contribution in [0.3, 0.4) is 0 Å². The number of nitrogens with two attached hydrogens (primary N) is 1. The molecule has 0 amide bonds. The zero-order valence-electron chi connectivity index (χ0n) is 10.1. The van der Waals surface area contributed by atoms with E-state index in [4.69, 9.17) is 22.1 Å². The molecule has 2 aromatic rings. The number of methoxy groups -OCH3 is 1. The molecule has 5 nitrogen and oxygen atoms in total. The molecule has 0 spiro atoms. The maximum atomic E-state index is 5.95. The Morgan fingerprint density at radius 2 is 2.06 bits per heavy atom. The van der Waals surface area contributed by atoms with Crippen LogP contribution in [0, 0.1) is 6.92 Å². The number of ether oxygens (including phenoxy) is 1. The topological polar surface area (TPSA) is 73.1 Å². The third-order valence-corrected chi connectivity index (χ3v) is 2.52. The van der Waals surface area contributed by atoms with E-state index < -0.39 is 0 Å². The maximum Gasteiger partial charge on any atom is 0.142 e. The van der Waals surface area contributed by atoms with Gasteiger partial charge in [0.2, 0.25) is 0 Å². The third kappa shape index (κ3) is 2.81. The Hall–Kier alpha value is -2.01. The van der Waals surface area contributed by atoms with Gasteiger partial charge in [0.1, 0.15) is 23.2 Å². The third-order valence-electron chi connectivity index (χ3n) is 2.28.